The van der Waals surface area contributed by atoms with E-state index in [4.69, 9.17) is 11.0 Å². The maximum atomic E-state index is 13.6. The summed E-state index contributed by atoms with van der Waals surface area (Å²) in [5.41, 5.74) is 4.19. The van der Waals surface area contributed by atoms with Gasteiger partial charge in [-0.05, 0) is 24.3 Å². The van der Waals surface area contributed by atoms with E-state index < -0.39 is 23.2 Å². The van der Waals surface area contributed by atoms with E-state index in [2.05, 4.69) is 10.3 Å². The fourth-order valence-electron chi connectivity index (χ4n) is 1.60. The molecule has 2 aromatic rings. The zero-order valence-corrected chi connectivity index (χ0v) is 10.4. The quantitative estimate of drug-likeness (QED) is 0.832. The van der Waals surface area contributed by atoms with Gasteiger partial charge in [-0.2, -0.15) is 18.4 Å². The predicted molar refractivity (Wildman–Crippen MR) is 68.0 cm³/mol. The summed E-state index contributed by atoms with van der Waals surface area (Å²) in [5.74, 6) is -0.987. The Hall–Kier alpha value is -2.82. The van der Waals surface area contributed by atoms with Crippen molar-refractivity contribution >= 4 is 17.2 Å². The first kappa shape index (κ1) is 14.6. The first-order chi connectivity index (χ1) is 9.82. The second-order valence-electron chi connectivity index (χ2n) is 4.05. The fraction of sp³-hybridized carbons (Fsp3) is 0.0769. The third kappa shape index (κ3) is 3.02. The molecule has 3 N–H and O–H groups in total. The van der Waals surface area contributed by atoms with Gasteiger partial charge in [-0.3, -0.25) is 0 Å². The lowest BCUT2D eigenvalue weighted by molar-refractivity contribution is -0.137. The standard InChI is InChI=1S/C13H8F4N4/c14-9-2-1-8(13(15,16)17)5-10(9)21-12-11(19)7(6-18)3-4-20-12/h1-5H,19H2,(H,20,21). The number of hydrogen-bond donors (Lipinski definition) is 2. The van der Waals surface area contributed by atoms with Crippen molar-refractivity contribution in [1.82, 2.24) is 4.98 Å². The van der Waals surface area contributed by atoms with Crippen molar-refractivity contribution < 1.29 is 17.6 Å². The van der Waals surface area contributed by atoms with Crippen molar-refractivity contribution in [3.8, 4) is 6.07 Å². The van der Waals surface area contributed by atoms with Gasteiger partial charge in [0.1, 0.15) is 11.9 Å². The minimum absolute atomic E-state index is 0.0724. The van der Waals surface area contributed by atoms with Crippen LogP contribution in [-0.2, 0) is 6.18 Å². The van der Waals surface area contributed by atoms with Crippen molar-refractivity contribution in [3.05, 3.63) is 47.4 Å². The number of nitrogen functional groups attached to an aromatic ring is 1. The molecule has 1 heterocycles. The number of nitrogens with two attached hydrogens (primary N) is 1. The molecule has 0 atom stereocenters. The molecule has 0 aliphatic heterocycles. The summed E-state index contributed by atoms with van der Waals surface area (Å²) < 4.78 is 51.4. The molecule has 0 fully saturated rings. The van der Waals surface area contributed by atoms with E-state index >= 15 is 0 Å². The van der Waals surface area contributed by atoms with Crippen LogP contribution >= 0.6 is 0 Å². The largest absolute Gasteiger partial charge is 0.416 e. The van der Waals surface area contributed by atoms with Crippen molar-refractivity contribution in [2.45, 2.75) is 6.18 Å². The minimum atomic E-state index is -4.60. The molecule has 0 saturated heterocycles. The van der Waals surface area contributed by atoms with E-state index in [0.29, 0.717) is 18.2 Å². The maximum absolute atomic E-state index is 13.6. The van der Waals surface area contributed by atoms with Gasteiger partial charge in [0.25, 0.3) is 0 Å². The molecule has 4 nitrogen and oxygen atoms in total. The molecule has 2 rings (SSSR count). The SMILES string of the molecule is N#Cc1ccnc(Nc2cc(C(F)(F)F)ccc2F)c1N. The first-order valence-electron chi connectivity index (χ1n) is 5.61. The number of pyridine rings is 1. The van der Waals surface area contributed by atoms with Crippen LogP contribution < -0.4 is 11.1 Å². The van der Waals surface area contributed by atoms with Crippen molar-refractivity contribution in [2.24, 2.45) is 0 Å². The van der Waals surface area contributed by atoms with Gasteiger partial charge in [0, 0.05) is 6.20 Å². The molecule has 1 aromatic carbocycles. The third-order valence-corrected chi connectivity index (χ3v) is 2.66. The topological polar surface area (TPSA) is 74.7 Å². The van der Waals surface area contributed by atoms with Crippen molar-refractivity contribution in [1.29, 1.82) is 5.26 Å². The van der Waals surface area contributed by atoms with Crippen molar-refractivity contribution in [3.63, 3.8) is 0 Å². The lowest BCUT2D eigenvalue weighted by atomic mass is 10.1. The Morgan fingerprint density at radius 2 is 1.95 bits per heavy atom. The second kappa shape index (κ2) is 5.28. The van der Waals surface area contributed by atoms with Gasteiger partial charge in [0.05, 0.1) is 22.5 Å². The second-order valence-corrected chi connectivity index (χ2v) is 4.05. The number of hydrogen-bond acceptors (Lipinski definition) is 4. The van der Waals surface area contributed by atoms with E-state index in [-0.39, 0.29) is 17.1 Å². The van der Waals surface area contributed by atoms with Crippen LogP contribution in [0.4, 0.5) is 34.8 Å². The molecule has 0 aliphatic rings. The van der Waals surface area contributed by atoms with Crippen LogP contribution in [0.3, 0.4) is 0 Å². The van der Waals surface area contributed by atoms with E-state index in [1.54, 1.807) is 6.07 Å². The maximum Gasteiger partial charge on any atom is 0.416 e. The van der Waals surface area contributed by atoms with E-state index in [0.717, 1.165) is 0 Å². The van der Waals surface area contributed by atoms with Crippen LogP contribution in [0.1, 0.15) is 11.1 Å². The summed E-state index contributed by atoms with van der Waals surface area (Å²) in [5, 5.41) is 11.2. The number of benzene rings is 1. The summed E-state index contributed by atoms with van der Waals surface area (Å²) in [4.78, 5) is 3.78. The molecular weight excluding hydrogens is 288 g/mol. The van der Waals surface area contributed by atoms with Gasteiger partial charge in [0.15, 0.2) is 5.82 Å². The molecule has 0 saturated carbocycles. The van der Waals surface area contributed by atoms with Crippen LogP contribution in [0.25, 0.3) is 0 Å². The summed E-state index contributed by atoms with van der Waals surface area (Å²) in [7, 11) is 0. The normalized spacial score (nSPS) is 11.0. The molecule has 0 unspecified atom stereocenters. The summed E-state index contributed by atoms with van der Waals surface area (Å²) in [6.45, 7) is 0. The Balaban J connectivity index is 2.43. The predicted octanol–water partition coefficient (Wildman–Crippen LogP) is 3.44. The molecular formula is C13H8F4N4. The van der Waals surface area contributed by atoms with Gasteiger partial charge in [-0.1, -0.05) is 0 Å². The summed E-state index contributed by atoms with van der Waals surface area (Å²) in [6.07, 6.45) is -3.36. The van der Waals surface area contributed by atoms with E-state index in [1.165, 1.54) is 12.3 Å². The Bertz CT molecular complexity index is 719. The Morgan fingerprint density at radius 3 is 2.57 bits per heavy atom. The molecule has 0 amide bonds. The molecule has 21 heavy (non-hydrogen) atoms. The van der Waals surface area contributed by atoms with E-state index in [9.17, 15) is 17.6 Å². The van der Waals surface area contributed by atoms with Gasteiger partial charge in [0.2, 0.25) is 0 Å². The number of alkyl halides is 3. The average molecular weight is 296 g/mol. The number of rotatable bonds is 2. The third-order valence-electron chi connectivity index (χ3n) is 2.66. The highest BCUT2D eigenvalue weighted by molar-refractivity contribution is 5.74. The summed E-state index contributed by atoms with van der Waals surface area (Å²) >= 11 is 0. The van der Waals surface area contributed by atoms with Crippen LogP contribution in [0.15, 0.2) is 30.5 Å². The van der Waals surface area contributed by atoms with Crippen LogP contribution in [0, 0.1) is 17.1 Å². The highest BCUT2D eigenvalue weighted by Gasteiger charge is 2.31. The Morgan fingerprint density at radius 1 is 1.24 bits per heavy atom. The number of nitriles is 1. The van der Waals surface area contributed by atoms with Gasteiger partial charge in [-0.15, -0.1) is 0 Å². The highest BCUT2D eigenvalue weighted by atomic mass is 19.4. The molecule has 8 heteroatoms. The van der Waals surface area contributed by atoms with Gasteiger partial charge < -0.3 is 11.1 Å². The Labute approximate surface area is 116 Å². The monoisotopic (exact) mass is 296 g/mol. The highest BCUT2D eigenvalue weighted by Crippen LogP contribution is 2.33. The van der Waals surface area contributed by atoms with Crippen LogP contribution in [0.5, 0.6) is 0 Å². The number of aromatic nitrogens is 1. The first-order valence-corrected chi connectivity index (χ1v) is 5.61. The smallest absolute Gasteiger partial charge is 0.395 e. The number of halogens is 4. The molecule has 0 radical (unpaired) electrons. The molecule has 0 spiro atoms. The van der Waals surface area contributed by atoms with Crippen molar-refractivity contribution in [2.75, 3.05) is 11.1 Å². The van der Waals surface area contributed by atoms with E-state index in [1.807, 2.05) is 0 Å². The number of anilines is 3. The molecule has 0 bridgehead atoms. The van der Waals surface area contributed by atoms with Gasteiger partial charge >= 0.3 is 6.18 Å². The molecule has 0 aliphatic carbocycles. The minimum Gasteiger partial charge on any atom is -0.395 e. The summed E-state index contributed by atoms with van der Waals surface area (Å²) in [6, 6.07) is 5.05. The zero-order chi connectivity index (χ0) is 15.6. The average Bonchev–Trinajstić information content (AvgIpc) is 2.42. The van der Waals surface area contributed by atoms with Crippen LogP contribution in [0.2, 0.25) is 0 Å². The fourth-order valence-corrected chi connectivity index (χ4v) is 1.60. The number of nitrogens with one attached hydrogen (secondary N) is 1. The van der Waals surface area contributed by atoms with Crippen LogP contribution in [-0.4, -0.2) is 4.98 Å². The Kier molecular flexibility index (Phi) is 3.67. The molecule has 108 valence electrons. The lowest BCUT2D eigenvalue weighted by Gasteiger charge is -2.12. The number of nitrogens with zero attached hydrogens (tertiary/aromatic N) is 2. The lowest BCUT2D eigenvalue weighted by Crippen LogP contribution is -2.07. The molecule has 1 aromatic heterocycles. The zero-order valence-electron chi connectivity index (χ0n) is 10.4. The van der Waals surface area contributed by atoms with Gasteiger partial charge in [-0.25, -0.2) is 9.37 Å².